The van der Waals surface area contributed by atoms with Gasteiger partial charge in [0.25, 0.3) is 0 Å². The lowest BCUT2D eigenvalue weighted by atomic mass is 10.1. The fourth-order valence-corrected chi connectivity index (χ4v) is 2.10. The minimum atomic E-state index is -0.00298. The van der Waals surface area contributed by atoms with E-state index in [1.54, 1.807) is 18.0 Å². The predicted molar refractivity (Wildman–Crippen MR) is 74.0 cm³/mol. The second kappa shape index (κ2) is 5.31. The Labute approximate surface area is 111 Å². The Morgan fingerprint density at radius 3 is 2.39 bits per heavy atom. The summed E-state index contributed by atoms with van der Waals surface area (Å²) in [5.74, 6) is 0.655. The van der Waals surface area contributed by atoms with Crippen molar-refractivity contribution in [3.05, 3.63) is 41.7 Å². The van der Waals surface area contributed by atoms with Crippen molar-refractivity contribution < 1.29 is 4.79 Å². The molecule has 0 spiro atoms. The summed E-state index contributed by atoms with van der Waals surface area (Å²) in [6, 6.07) is 8.07. The third kappa shape index (κ3) is 2.59. The molecule has 0 N–H and O–H groups in total. The normalized spacial score (nSPS) is 10.4. The summed E-state index contributed by atoms with van der Waals surface area (Å²) in [5, 5.41) is 0. The maximum Gasteiger partial charge on any atom is 0.163 e. The Morgan fingerprint density at radius 1 is 1.22 bits per heavy atom. The van der Waals surface area contributed by atoms with Crippen LogP contribution in [0.3, 0.4) is 0 Å². The molecule has 0 atom stereocenters. The maximum absolute atomic E-state index is 11.3. The fraction of sp³-hybridized carbons (Fsp3) is 0.214. The summed E-state index contributed by atoms with van der Waals surface area (Å²) in [6.45, 7) is 3.36. The minimum Gasteiger partial charge on any atom is -0.294 e. The Hall–Kier alpha value is -1.68. The van der Waals surface area contributed by atoms with Crippen LogP contribution in [0.15, 0.2) is 35.4 Å². The number of Topliss-reactive ketones (excluding diaryl/α,β-unsaturated/α-hetero) is 1. The summed E-state index contributed by atoms with van der Waals surface area (Å²) >= 11 is 1.70. The molecule has 1 heterocycles. The number of rotatable bonds is 3. The summed E-state index contributed by atoms with van der Waals surface area (Å²) in [4.78, 5) is 21.1. The monoisotopic (exact) mass is 258 g/mol. The number of hydrogen-bond acceptors (Lipinski definition) is 4. The predicted octanol–water partition coefficient (Wildman–Crippen LogP) is 3.38. The van der Waals surface area contributed by atoms with E-state index in [9.17, 15) is 4.79 Å². The molecule has 4 heteroatoms. The Balaban J connectivity index is 2.39. The van der Waals surface area contributed by atoms with Crippen molar-refractivity contribution in [2.24, 2.45) is 0 Å². The summed E-state index contributed by atoms with van der Waals surface area (Å²) in [5.41, 5.74) is 2.27. The zero-order valence-electron chi connectivity index (χ0n) is 10.6. The van der Waals surface area contributed by atoms with Crippen molar-refractivity contribution in [2.45, 2.75) is 18.7 Å². The number of ketones is 1. The molecule has 0 aliphatic heterocycles. The SMILES string of the molecule is CSc1ccc(-c2ncc(C(C)=O)c(C)n2)cc1. The lowest BCUT2D eigenvalue weighted by Gasteiger charge is -2.05. The fourth-order valence-electron chi connectivity index (χ4n) is 1.69. The third-order valence-electron chi connectivity index (χ3n) is 2.71. The molecule has 2 rings (SSSR count). The molecular formula is C14H14N2OS. The standard InChI is InChI=1S/C14H14N2OS/c1-9-13(10(2)17)8-15-14(16-9)11-4-6-12(18-3)7-5-11/h4-8H,1-3H3. The molecular weight excluding hydrogens is 244 g/mol. The molecule has 0 aliphatic carbocycles. The van der Waals surface area contributed by atoms with Crippen molar-refractivity contribution in [3.63, 3.8) is 0 Å². The zero-order valence-corrected chi connectivity index (χ0v) is 11.4. The van der Waals surface area contributed by atoms with Crippen LogP contribution >= 0.6 is 11.8 Å². The lowest BCUT2D eigenvalue weighted by Crippen LogP contribution is -2.02. The van der Waals surface area contributed by atoms with E-state index >= 15 is 0 Å². The van der Waals surface area contributed by atoms with Gasteiger partial charge in [0.1, 0.15) is 0 Å². The van der Waals surface area contributed by atoms with E-state index < -0.39 is 0 Å². The Morgan fingerprint density at radius 2 is 1.89 bits per heavy atom. The van der Waals surface area contributed by atoms with Gasteiger partial charge in [0, 0.05) is 16.7 Å². The molecule has 1 aromatic heterocycles. The van der Waals surface area contributed by atoms with Crippen molar-refractivity contribution in [1.82, 2.24) is 9.97 Å². The number of benzene rings is 1. The first-order valence-corrected chi connectivity index (χ1v) is 6.83. The molecule has 18 heavy (non-hydrogen) atoms. The van der Waals surface area contributed by atoms with Crippen LogP contribution < -0.4 is 0 Å². The van der Waals surface area contributed by atoms with Gasteiger partial charge in [-0.1, -0.05) is 12.1 Å². The average molecular weight is 258 g/mol. The first-order valence-electron chi connectivity index (χ1n) is 5.61. The molecule has 0 amide bonds. The summed E-state index contributed by atoms with van der Waals surface area (Å²) in [6.07, 6.45) is 3.64. The second-order valence-electron chi connectivity index (χ2n) is 3.98. The van der Waals surface area contributed by atoms with E-state index in [0.29, 0.717) is 11.4 Å². The molecule has 0 bridgehead atoms. The van der Waals surface area contributed by atoms with Crippen LogP contribution in [-0.2, 0) is 0 Å². The topological polar surface area (TPSA) is 42.9 Å². The molecule has 2 aromatic rings. The molecule has 0 unspecified atom stereocenters. The van der Waals surface area contributed by atoms with Crippen LogP contribution in [0, 0.1) is 6.92 Å². The van der Waals surface area contributed by atoms with E-state index in [-0.39, 0.29) is 5.78 Å². The van der Waals surface area contributed by atoms with Gasteiger partial charge in [-0.25, -0.2) is 9.97 Å². The van der Waals surface area contributed by atoms with E-state index in [0.717, 1.165) is 11.3 Å². The first kappa shape index (κ1) is 12.8. The van der Waals surface area contributed by atoms with Crippen LogP contribution in [0.4, 0.5) is 0 Å². The molecule has 0 aliphatic rings. The van der Waals surface area contributed by atoms with Crippen LogP contribution in [0.25, 0.3) is 11.4 Å². The van der Waals surface area contributed by atoms with Gasteiger partial charge in [-0.3, -0.25) is 4.79 Å². The zero-order chi connectivity index (χ0) is 13.1. The minimum absolute atomic E-state index is 0.00298. The quantitative estimate of drug-likeness (QED) is 0.625. The maximum atomic E-state index is 11.3. The molecule has 0 saturated heterocycles. The molecule has 0 radical (unpaired) electrons. The van der Waals surface area contributed by atoms with E-state index in [1.807, 2.05) is 37.4 Å². The molecule has 0 saturated carbocycles. The largest absolute Gasteiger partial charge is 0.294 e. The third-order valence-corrected chi connectivity index (χ3v) is 3.45. The highest BCUT2D eigenvalue weighted by Crippen LogP contribution is 2.21. The number of hydrogen-bond donors (Lipinski definition) is 0. The highest BCUT2D eigenvalue weighted by atomic mass is 32.2. The molecule has 1 aromatic carbocycles. The van der Waals surface area contributed by atoms with Gasteiger partial charge >= 0.3 is 0 Å². The van der Waals surface area contributed by atoms with Crippen LogP contribution in [0.1, 0.15) is 23.0 Å². The second-order valence-corrected chi connectivity index (χ2v) is 4.86. The van der Waals surface area contributed by atoms with Gasteiger partial charge in [-0.15, -0.1) is 11.8 Å². The van der Waals surface area contributed by atoms with Crippen molar-refractivity contribution >= 4 is 17.5 Å². The molecule has 3 nitrogen and oxygen atoms in total. The van der Waals surface area contributed by atoms with Crippen molar-refractivity contribution in [1.29, 1.82) is 0 Å². The van der Waals surface area contributed by atoms with E-state index in [4.69, 9.17) is 0 Å². The Bertz CT molecular complexity index is 579. The van der Waals surface area contributed by atoms with E-state index in [1.165, 1.54) is 11.8 Å². The van der Waals surface area contributed by atoms with Crippen molar-refractivity contribution in [2.75, 3.05) is 6.26 Å². The number of carbonyl (C=O) groups is 1. The van der Waals surface area contributed by atoms with E-state index in [2.05, 4.69) is 9.97 Å². The van der Waals surface area contributed by atoms with Gasteiger partial charge in [0.2, 0.25) is 0 Å². The summed E-state index contributed by atoms with van der Waals surface area (Å²) < 4.78 is 0. The number of carbonyl (C=O) groups excluding carboxylic acids is 1. The number of aromatic nitrogens is 2. The highest BCUT2D eigenvalue weighted by Gasteiger charge is 2.08. The number of thioether (sulfide) groups is 1. The molecule has 92 valence electrons. The van der Waals surface area contributed by atoms with Crippen molar-refractivity contribution in [3.8, 4) is 11.4 Å². The van der Waals surface area contributed by atoms with Gasteiger partial charge in [-0.2, -0.15) is 0 Å². The van der Waals surface area contributed by atoms with Gasteiger partial charge in [0.05, 0.1) is 11.3 Å². The van der Waals surface area contributed by atoms with Gasteiger partial charge in [0.15, 0.2) is 11.6 Å². The number of aryl methyl sites for hydroxylation is 1. The van der Waals surface area contributed by atoms with Gasteiger partial charge < -0.3 is 0 Å². The Kier molecular flexibility index (Phi) is 3.77. The molecule has 0 fully saturated rings. The first-order chi connectivity index (χ1) is 8.61. The highest BCUT2D eigenvalue weighted by molar-refractivity contribution is 7.98. The number of nitrogens with zero attached hydrogens (tertiary/aromatic N) is 2. The van der Waals surface area contributed by atoms with Crippen LogP contribution in [0.5, 0.6) is 0 Å². The summed E-state index contributed by atoms with van der Waals surface area (Å²) in [7, 11) is 0. The van der Waals surface area contributed by atoms with Crippen LogP contribution in [-0.4, -0.2) is 22.0 Å². The lowest BCUT2D eigenvalue weighted by molar-refractivity contribution is 0.101. The average Bonchev–Trinajstić information content (AvgIpc) is 2.38. The van der Waals surface area contributed by atoms with Gasteiger partial charge in [-0.05, 0) is 32.2 Å². The van der Waals surface area contributed by atoms with Crippen LogP contribution in [0.2, 0.25) is 0 Å². The smallest absolute Gasteiger partial charge is 0.163 e.